The van der Waals surface area contributed by atoms with Gasteiger partial charge in [-0.25, -0.2) is 4.79 Å². The highest BCUT2D eigenvalue weighted by atomic mass is 16.5. The number of methoxy groups -OCH3 is 1. The molecule has 1 aromatic rings. The molecule has 0 atom stereocenters. The number of aromatic nitrogens is 1. The highest BCUT2D eigenvalue weighted by Gasteiger charge is 2.08. The van der Waals surface area contributed by atoms with Crippen LogP contribution in [0.5, 0.6) is 0 Å². The van der Waals surface area contributed by atoms with E-state index in [1.165, 1.54) is 13.2 Å². The van der Waals surface area contributed by atoms with E-state index in [-0.39, 0.29) is 5.57 Å². The summed E-state index contributed by atoms with van der Waals surface area (Å²) in [6.45, 7) is 0. The third-order valence-corrected chi connectivity index (χ3v) is 1.51. The van der Waals surface area contributed by atoms with Crippen LogP contribution in [0.4, 0.5) is 0 Å². The van der Waals surface area contributed by atoms with Gasteiger partial charge in [-0.05, 0) is 18.2 Å². The van der Waals surface area contributed by atoms with Gasteiger partial charge in [-0.2, -0.15) is 5.26 Å². The Morgan fingerprint density at radius 3 is 2.93 bits per heavy atom. The molecule has 0 saturated carbocycles. The van der Waals surface area contributed by atoms with Gasteiger partial charge in [-0.3, -0.25) is 4.98 Å². The van der Waals surface area contributed by atoms with Crippen molar-refractivity contribution in [3.63, 3.8) is 0 Å². The number of esters is 1. The Labute approximate surface area is 81.5 Å². The van der Waals surface area contributed by atoms with Crippen LogP contribution in [0.3, 0.4) is 0 Å². The fraction of sp³-hybridized carbons (Fsp3) is 0.100. The van der Waals surface area contributed by atoms with Gasteiger partial charge < -0.3 is 4.74 Å². The van der Waals surface area contributed by atoms with Crippen LogP contribution in [0.2, 0.25) is 0 Å². The lowest BCUT2D eigenvalue weighted by Crippen LogP contribution is -2.02. The van der Waals surface area contributed by atoms with Crippen LogP contribution in [-0.2, 0) is 9.53 Å². The van der Waals surface area contributed by atoms with Crippen molar-refractivity contribution in [2.45, 2.75) is 0 Å². The Balaban J connectivity index is 2.97. The maximum Gasteiger partial charge on any atom is 0.348 e. The first-order valence-corrected chi connectivity index (χ1v) is 3.89. The molecule has 0 aliphatic rings. The molecule has 0 fully saturated rings. The molecule has 0 saturated heterocycles. The van der Waals surface area contributed by atoms with Gasteiger partial charge in [-0.1, -0.05) is 6.07 Å². The summed E-state index contributed by atoms with van der Waals surface area (Å²) >= 11 is 0. The number of hydrogen-bond donors (Lipinski definition) is 0. The monoisotopic (exact) mass is 188 g/mol. The van der Waals surface area contributed by atoms with E-state index in [9.17, 15) is 4.79 Å². The van der Waals surface area contributed by atoms with Crippen molar-refractivity contribution >= 4 is 12.0 Å². The number of nitrogens with zero attached hydrogens (tertiary/aromatic N) is 2. The molecule has 0 aromatic carbocycles. The van der Waals surface area contributed by atoms with E-state index in [1.807, 2.05) is 0 Å². The SMILES string of the molecule is COC(=O)C(C#N)=Cc1ccccn1. The van der Waals surface area contributed by atoms with Crippen molar-refractivity contribution in [3.05, 3.63) is 35.7 Å². The topological polar surface area (TPSA) is 63.0 Å². The van der Waals surface area contributed by atoms with E-state index in [1.54, 1.807) is 30.5 Å². The summed E-state index contributed by atoms with van der Waals surface area (Å²) in [6.07, 6.45) is 2.96. The summed E-state index contributed by atoms with van der Waals surface area (Å²) < 4.78 is 4.42. The van der Waals surface area contributed by atoms with E-state index in [2.05, 4.69) is 9.72 Å². The van der Waals surface area contributed by atoms with Crippen molar-refractivity contribution in [1.82, 2.24) is 4.98 Å². The minimum atomic E-state index is -0.654. The van der Waals surface area contributed by atoms with Gasteiger partial charge in [-0.15, -0.1) is 0 Å². The van der Waals surface area contributed by atoms with Crippen LogP contribution >= 0.6 is 0 Å². The highest BCUT2D eigenvalue weighted by Crippen LogP contribution is 2.03. The average molecular weight is 188 g/mol. The fourth-order valence-corrected chi connectivity index (χ4v) is 0.856. The Kier molecular flexibility index (Phi) is 3.39. The molecule has 0 spiro atoms. The number of ether oxygens (including phenoxy) is 1. The molecule has 1 rings (SSSR count). The van der Waals surface area contributed by atoms with Crippen LogP contribution in [-0.4, -0.2) is 18.1 Å². The number of nitriles is 1. The van der Waals surface area contributed by atoms with Gasteiger partial charge in [0.2, 0.25) is 0 Å². The first kappa shape index (κ1) is 9.93. The molecule has 0 amide bonds. The Morgan fingerprint density at radius 2 is 2.43 bits per heavy atom. The maximum atomic E-state index is 11.0. The molecule has 4 heteroatoms. The molecule has 1 aromatic heterocycles. The Morgan fingerprint density at radius 1 is 1.64 bits per heavy atom. The molecule has 14 heavy (non-hydrogen) atoms. The van der Waals surface area contributed by atoms with Gasteiger partial charge in [0.1, 0.15) is 11.6 Å². The first-order chi connectivity index (χ1) is 6.77. The van der Waals surface area contributed by atoms with Crippen LogP contribution in [0.25, 0.3) is 6.08 Å². The van der Waals surface area contributed by atoms with Crippen LogP contribution < -0.4 is 0 Å². The molecular weight excluding hydrogens is 180 g/mol. The quantitative estimate of drug-likeness (QED) is 0.397. The minimum Gasteiger partial charge on any atom is -0.465 e. The molecule has 1 heterocycles. The maximum absolute atomic E-state index is 11.0. The molecular formula is C10H8N2O2. The zero-order valence-corrected chi connectivity index (χ0v) is 7.60. The summed E-state index contributed by atoms with van der Waals surface area (Å²) in [6, 6.07) is 6.96. The van der Waals surface area contributed by atoms with E-state index in [4.69, 9.17) is 5.26 Å². The molecule has 0 N–H and O–H groups in total. The third kappa shape index (κ3) is 2.42. The average Bonchev–Trinajstić information content (AvgIpc) is 2.26. The van der Waals surface area contributed by atoms with Crippen molar-refractivity contribution in [2.75, 3.05) is 7.11 Å². The number of carbonyl (C=O) groups is 1. The van der Waals surface area contributed by atoms with Gasteiger partial charge >= 0.3 is 5.97 Å². The molecule has 4 nitrogen and oxygen atoms in total. The van der Waals surface area contributed by atoms with Crippen molar-refractivity contribution in [1.29, 1.82) is 5.26 Å². The molecule has 0 bridgehead atoms. The predicted octanol–water partition coefficient (Wildman–Crippen LogP) is 1.16. The second kappa shape index (κ2) is 4.77. The number of hydrogen-bond acceptors (Lipinski definition) is 4. The number of rotatable bonds is 2. The van der Waals surface area contributed by atoms with E-state index < -0.39 is 5.97 Å². The zero-order chi connectivity index (χ0) is 10.4. The van der Waals surface area contributed by atoms with Crippen molar-refractivity contribution < 1.29 is 9.53 Å². The van der Waals surface area contributed by atoms with Crippen molar-refractivity contribution in [2.24, 2.45) is 0 Å². The van der Waals surface area contributed by atoms with E-state index in [0.717, 1.165) is 0 Å². The Hall–Kier alpha value is -2.15. The predicted molar refractivity (Wildman–Crippen MR) is 49.8 cm³/mol. The lowest BCUT2D eigenvalue weighted by Gasteiger charge is -1.95. The molecule has 0 aliphatic heterocycles. The second-order valence-electron chi connectivity index (χ2n) is 2.42. The molecule has 70 valence electrons. The summed E-state index contributed by atoms with van der Waals surface area (Å²) in [7, 11) is 1.23. The number of carbonyl (C=O) groups excluding carboxylic acids is 1. The first-order valence-electron chi connectivity index (χ1n) is 3.89. The summed E-state index contributed by atoms with van der Waals surface area (Å²) in [5, 5.41) is 8.64. The van der Waals surface area contributed by atoms with Gasteiger partial charge in [0.25, 0.3) is 0 Å². The normalized spacial score (nSPS) is 10.4. The Bertz CT molecular complexity index is 390. The minimum absolute atomic E-state index is 0.0637. The largest absolute Gasteiger partial charge is 0.465 e. The summed E-state index contributed by atoms with van der Waals surface area (Å²) in [5.74, 6) is -0.654. The zero-order valence-electron chi connectivity index (χ0n) is 7.60. The van der Waals surface area contributed by atoms with Gasteiger partial charge in [0, 0.05) is 6.20 Å². The lowest BCUT2D eigenvalue weighted by molar-refractivity contribution is -0.135. The fourth-order valence-electron chi connectivity index (χ4n) is 0.856. The summed E-state index contributed by atoms with van der Waals surface area (Å²) in [4.78, 5) is 15.0. The van der Waals surface area contributed by atoms with Crippen LogP contribution in [0.15, 0.2) is 30.0 Å². The summed E-state index contributed by atoms with van der Waals surface area (Å²) in [5.41, 5.74) is 0.487. The third-order valence-electron chi connectivity index (χ3n) is 1.51. The smallest absolute Gasteiger partial charge is 0.348 e. The standard InChI is InChI=1S/C10H8N2O2/c1-14-10(13)8(7-11)6-9-4-2-3-5-12-9/h2-6H,1H3. The lowest BCUT2D eigenvalue weighted by atomic mass is 10.2. The van der Waals surface area contributed by atoms with Gasteiger partial charge in [0.05, 0.1) is 12.8 Å². The second-order valence-corrected chi connectivity index (χ2v) is 2.42. The molecule has 0 radical (unpaired) electrons. The molecule has 0 aliphatic carbocycles. The molecule has 0 unspecified atom stereocenters. The van der Waals surface area contributed by atoms with Crippen LogP contribution in [0, 0.1) is 11.3 Å². The van der Waals surface area contributed by atoms with Crippen molar-refractivity contribution in [3.8, 4) is 6.07 Å². The van der Waals surface area contributed by atoms with E-state index >= 15 is 0 Å². The highest BCUT2D eigenvalue weighted by molar-refractivity contribution is 5.97. The number of pyridine rings is 1. The van der Waals surface area contributed by atoms with Gasteiger partial charge in [0.15, 0.2) is 0 Å². The van der Waals surface area contributed by atoms with Crippen LogP contribution in [0.1, 0.15) is 5.69 Å². The van der Waals surface area contributed by atoms with E-state index in [0.29, 0.717) is 5.69 Å².